The summed E-state index contributed by atoms with van der Waals surface area (Å²) in [5.41, 5.74) is 16.6. The first-order valence-electron chi connectivity index (χ1n) is 13.4. The van der Waals surface area contributed by atoms with E-state index in [0.29, 0.717) is 29.6 Å². The topological polar surface area (TPSA) is 50.1 Å². The summed E-state index contributed by atoms with van der Waals surface area (Å²) in [5.74, 6) is 1.99. The number of hydrogen-bond donors (Lipinski definition) is 3. The van der Waals surface area contributed by atoms with Gasteiger partial charge < -0.3 is 10.6 Å². The van der Waals surface area contributed by atoms with Crippen LogP contribution in [0.1, 0.15) is 132 Å². The Morgan fingerprint density at radius 3 is 1.63 bits per heavy atom. The summed E-state index contributed by atoms with van der Waals surface area (Å²) in [6.45, 7) is 22.7. The number of benzene rings is 2. The molecule has 1 atom stereocenters. The third kappa shape index (κ3) is 5.35. The lowest BCUT2D eigenvalue weighted by Gasteiger charge is -2.40. The number of hydrogen-bond acceptors (Lipinski definition) is 3. The van der Waals surface area contributed by atoms with Gasteiger partial charge in [0.1, 0.15) is 0 Å². The van der Waals surface area contributed by atoms with Crippen molar-refractivity contribution < 1.29 is 0 Å². The highest BCUT2D eigenvalue weighted by molar-refractivity contribution is 5.67. The average Bonchev–Trinajstić information content (AvgIpc) is 2.79. The molecule has 1 heterocycles. The molecule has 0 saturated heterocycles. The normalized spacial score (nSPS) is 18.1. The first-order valence-corrected chi connectivity index (χ1v) is 13.4. The van der Waals surface area contributed by atoms with Gasteiger partial charge in [-0.05, 0) is 75.8 Å². The molecule has 3 heteroatoms. The Labute approximate surface area is 214 Å². The summed E-state index contributed by atoms with van der Waals surface area (Å²) in [6.07, 6.45) is 6.16. The van der Waals surface area contributed by atoms with E-state index in [1.807, 2.05) is 12.3 Å². The zero-order chi connectivity index (χ0) is 26.1. The van der Waals surface area contributed by atoms with Gasteiger partial charge in [-0.15, -0.1) is 0 Å². The van der Waals surface area contributed by atoms with E-state index in [9.17, 15) is 0 Å². The molecule has 3 rings (SSSR count). The van der Waals surface area contributed by atoms with Crippen LogP contribution in [0.5, 0.6) is 0 Å². The maximum Gasteiger partial charge on any atom is 0.154 e. The highest BCUT2D eigenvalue weighted by Gasteiger charge is 2.38. The lowest BCUT2D eigenvalue weighted by atomic mass is 9.79. The third-order valence-electron chi connectivity index (χ3n) is 7.25. The summed E-state index contributed by atoms with van der Waals surface area (Å²) in [7, 11) is 0. The van der Waals surface area contributed by atoms with Crippen LogP contribution in [-0.4, -0.2) is 0 Å². The van der Waals surface area contributed by atoms with Crippen molar-refractivity contribution in [3.05, 3.63) is 87.8 Å². The quantitative estimate of drug-likeness (QED) is 0.360. The van der Waals surface area contributed by atoms with Crippen LogP contribution in [0, 0.1) is 0 Å². The van der Waals surface area contributed by atoms with E-state index >= 15 is 0 Å². The average molecular weight is 474 g/mol. The second-order valence-electron chi connectivity index (χ2n) is 11.7. The summed E-state index contributed by atoms with van der Waals surface area (Å²) >= 11 is 0. The lowest BCUT2D eigenvalue weighted by molar-refractivity contribution is 0.451. The molecule has 0 saturated carbocycles. The number of allylic oxidation sites excluding steroid dienone is 2. The fourth-order valence-electron chi connectivity index (χ4n) is 5.12. The monoisotopic (exact) mass is 473 g/mol. The van der Waals surface area contributed by atoms with E-state index in [0.717, 1.165) is 5.70 Å². The number of nitrogens with two attached hydrogens (primary N) is 1. The highest BCUT2D eigenvalue weighted by Crippen LogP contribution is 2.41. The molecule has 1 aliphatic heterocycles. The standard InChI is InChI=1S/C32H47N3/c1-19(2)24-17-27(22(7)8)31(28(18-24)23(9)10)35-29-15-12-16-34-32(29,33)30-25(20(3)4)13-11-14-26(30)21(5)6/h11-23,34-35H,33H2,1-10H3. The Balaban J connectivity index is 2.25. The molecule has 1 unspecified atom stereocenters. The van der Waals surface area contributed by atoms with Gasteiger partial charge in [-0.1, -0.05) is 99.6 Å². The Kier molecular flexibility index (Phi) is 8.21. The summed E-state index contributed by atoms with van der Waals surface area (Å²) in [5, 5.41) is 7.46. The summed E-state index contributed by atoms with van der Waals surface area (Å²) in [4.78, 5) is 0. The molecule has 0 spiro atoms. The smallest absolute Gasteiger partial charge is 0.154 e. The van der Waals surface area contributed by atoms with Gasteiger partial charge in [0.25, 0.3) is 0 Å². The molecule has 0 radical (unpaired) electrons. The van der Waals surface area contributed by atoms with Gasteiger partial charge in [0.2, 0.25) is 0 Å². The largest absolute Gasteiger partial charge is 0.365 e. The fourth-order valence-corrected chi connectivity index (χ4v) is 5.12. The van der Waals surface area contributed by atoms with Crippen molar-refractivity contribution in [2.24, 2.45) is 5.73 Å². The van der Waals surface area contributed by atoms with E-state index in [4.69, 9.17) is 5.73 Å². The minimum absolute atomic E-state index is 0.362. The highest BCUT2D eigenvalue weighted by atomic mass is 15.2. The molecule has 35 heavy (non-hydrogen) atoms. The molecule has 2 aromatic rings. The molecule has 0 amide bonds. The van der Waals surface area contributed by atoms with Crippen LogP contribution in [0.2, 0.25) is 0 Å². The fraction of sp³-hybridized carbons (Fsp3) is 0.500. The predicted octanol–water partition coefficient (Wildman–Crippen LogP) is 8.53. The van der Waals surface area contributed by atoms with Crippen LogP contribution in [0.3, 0.4) is 0 Å². The first kappa shape index (κ1) is 27.1. The molecule has 0 aromatic heterocycles. The van der Waals surface area contributed by atoms with E-state index < -0.39 is 5.66 Å². The number of dihydropyridines is 1. The molecule has 190 valence electrons. The van der Waals surface area contributed by atoms with Crippen LogP contribution in [0.25, 0.3) is 0 Å². The molecule has 0 bridgehead atoms. The van der Waals surface area contributed by atoms with Crippen molar-refractivity contribution in [3.63, 3.8) is 0 Å². The third-order valence-corrected chi connectivity index (χ3v) is 7.25. The van der Waals surface area contributed by atoms with Crippen molar-refractivity contribution >= 4 is 5.69 Å². The van der Waals surface area contributed by atoms with Crippen molar-refractivity contribution in [2.75, 3.05) is 5.32 Å². The number of anilines is 1. The lowest BCUT2D eigenvalue weighted by Crippen LogP contribution is -2.54. The zero-order valence-electron chi connectivity index (χ0n) is 23.6. The van der Waals surface area contributed by atoms with Crippen LogP contribution in [-0.2, 0) is 5.66 Å². The maximum absolute atomic E-state index is 7.39. The predicted molar refractivity (Wildman–Crippen MR) is 153 cm³/mol. The van der Waals surface area contributed by atoms with E-state index in [1.165, 1.54) is 39.1 Å². The van der Waals surface area contributed by atoms with Gasteiger partial charge in [-0.3, -0.25) is 5.73 Å². The van der Waals surface area contributed by atoms with Crippen molar-refractivity contribution in [1.29, 1.82) is 0 Å². The first-order chi connectivity index (χ1) is 16.4. The van der Waals surface area contributed by atoms with E-state index in [2.05, 4.69) is 116 Å². The van der Waals surface area contributed by atoms with E-state index in [-0.39, 0.29) is 0 Å². The summed E-state index contributed by atoms with van der Waals surface area (Å²) < 4.78 is 0. The van der Waals surface area contributed by atoms with Crippen molar-refractivity contribution in [1.82, 2.24) is 5.32 Å². The Morgan fingerprint density at radius 2 is 1.20 bits per heavy atom. The van der Waals surface area contributed by atoms with Crippen LogP contribution in [0.4, 0.5) is 5.69 Å². The Hall–Kier alpha value is -2.52. The zero-order valence-corrected chi connectivity index (χ0v) is 23.6. The van der Waals surface area contributed by atoms with Gasteiger partial charge in [0.15, 0.2) is 5.66 Å². The van der Waals surface area contributed by atoms with Crippen molar-refractivity contribution in [3.8, 4) is 0 Å². The molecule has 3 nitrogen and oxygen atoms in total. The maximum atomic E-state index is 7.39. The molecule has 1 aliphatic rings. The summed E-state index contributed by atoms with van der Waals surface area (Å²) in [6, 6.07) is 11.4. The molecule has 0 aliphatic carbocycles. The SMILES string of the molecule is CC(C)c1cc(C(C)C)c(NC2=CC=CNC2(N)c2c(C(C)C)cccc2C(C)C)c(C(C)C)c1. The molecular formula is C32H47N3. The van der Waals surface area contributed by atoms with Crippen molar-refractivity contribution in [2.45, 2.75) is 104 Å². The Morgan fingerprint density at radius 1 is 0.714 bits per heavy atom. The van der Waals surface area contributed by atoms with Gasteiger partial charge in [-0.2, -0.15) is 0 Å². The van der Waals surface area contributed by atoms with Gasteiger partial charge in [0, 0.05) is 11.3 Å². The second kappa shape index (κ2) is 10.6. The molecule has 4 N–H and O–H groups in total. The van der Waals surface area contributed by atoms with Gasteiger partial charge >= 0.3 is 0 Å². The minimum atomic E-state index is -0.853. The number of nitrogens with one attached hydrogen (secondary N) is 2. The van der Waals surface area contributed by atoms with Crippen LogP contribution >= 0.6 is 0 Å². The Bertz CT molecular complexity index is 1050. The van der Waals surface area contributed by atoms with Gasteiger partial charge in [0.05, 0.1) is 5.70 Å². The molecular weight excluding hydrogens is 426 g/mol. The van der Waals surface area contributed by atoms with E-state index in [1.54, 1.807) is 0 Å². The van der Waals surface area contributed by atoms with Crippen LogP contribution in [0.15, 0.2) is 54.4 Å². The molecule has 0 fully saturated rings. The minimum Gasteiger partial charge on any atom is -0.365 e. The second-order valence-corrected chi connectivity index (χ2v) is 11.7. The van der Waals surface area contributed by atoms with Gasteiger partial charge in [-0.25, -0.2) is 0 Å². The molecule has 2 aromatic carbocycles. The number of rotatable bonds is 8. The van der Waals surface area contributed by atoms with Crippen LogP contribution < -0.4 is 16.4 Å².